The Kier molecular flexibility index (Phi) is 3.69. The number of fused-ring (bicyclic) bond motifs is 1. The number of phenolic OH excluding ortho intramolecular Hbond substituents is 1. The molecule has 1 N–H and O–H groups in total. The van der Waals surface area contributed by atoms with Gasteiger partial charge in [0.25, 0.3) is 0 Å². The zero-order valence-corrected chi connectivity index (χ0v) is 11.8. The van der Waals surface area contributed by atoms with E-state index >= 15 is 0 Å². The van der Waals surface area contributed by atoms with Gasteiger partial charge < -0.3 is 9.84 Å². The van der Waals surface area contributed by atoms with Crippen molar-refractivity contribution in [3.63, 3.8) is 0 Å². The topological polar surface area (TPSA) is 49.8 Å². The van der Waals surface area contributed by atoms with Crippen molar-refractivity contribution in [1.82, 2.24) is 0 Å². The van der Waals surface area contributed by atoms with Crippen molar-refractivity contribution in [1.29, 1.82) is 0 Å². The molecule has 19 heavy (non-hydrogen) atoms. The number of aromatic hydroxyl groups is 1. The van der Waals surface area contributed by atoms with Crippen LogP contribution in [0.25, 0.3) is 0 Å². The number of rotatable bonds is 0. The molecule has 1 aromatic carbocycles. The van der Waals surface area contributed by atoms with Gasteiger partial charge in [0.05, 0.1) is 5.69 Å². The van der Waals surface area contributed by atoms with Crippen LogP contribution in [0.2, 0.25) is 0 Å². The van der Waals surface area contributed by atoms with Crippen LogP contribution in [0.1, 0.15) is 39.2 Å². The number of ether oxygens (including phenoxy) is 1. The van der Waals surface area contributed by atoms with Crippen LogP contribution < -0.4 is 4.90 Å². The smallest absolute Gasteiger partial charge is 0.414 e. The lowest BCUT2D eigenvalue weighted by Crippen LogP contribution is -2.37. The molecular weight excluding hydrogens is 242 g/mol. The third-order valence-corrected chi connectivity index (χ3v) is 3.09. The van der Waals surface area contributed by atoms with E-state index in [-0.39, 0.29) is 11.8 Å². The number of hydrogen-bond donors (Lipinski definition) is 1. The molecule has 2 rings (SSSR count). The lowest BCUT2D eigenvalue weighted by atomic mass is 10.1. The zero-order valence-electron chi connectivity index (χ0n) is 11.8. The second-order valence-electron chi connectivity index (χ2n) is 5.86. The average molecular weight is 263 g/mol. The summed E-state index contributed by atoms with van der Waals surface area (Å²) in [5.41, 5.74) is 1.10. The van der Waals surface area contributed by atoms with Crippen molar-refractivity contribution >= 4 is 11.8 Å². The van der Waals surface area contributed by atoms with E-state index in [0.29, 0.717) is 6.54 Å². The highest BCUT2D eigenvalue weighted by Gasteiger charge is 2.27. The molecule has 0 saturated carbocycles. The maximum absolute atomic E-state index is 12.3. The first-order valence-corrected chi connectivity index (χ1v) is 6.70. The minimum atomic E-state index is -0.514. The van der Waals surface area contributed by atoms with Crippen LogP contribution >= 0.6 is 0 Å². The summed E-state index contributed by atoms with van der Waals surface area (Å²) < 4.78 is 5.43. The fourth-order valence-electron chi connectivity index (χ4n) is 2.27. The summed E-state index contributed by atoms with van der Waals surface area (Å²) in [5, 5.41) is 9.93. The number of amides is 1. The number of hydrogen-bond acceptors (Lipinski definition) is 3. The van der Waals surface area contributed by atoms with E-state index in [1.165, 1.54) is 0 Å². The van der Waals surface area contributed by atoms with Crippen LogP contribution in [0.3, 0.4) is 0 Å². The van der Waals surface area contributed by atoms with Gasteiger partial charge in [-0.3, -0.25) is 4.90 Å². The third kappa shape index (κ3) is 3.19. The van der Waals surface area contributed by atoms with Crippen LogP contribution in [0.4, 0.5) is 10.5 Å². The number of carbonyl (C=O) groups is 1. The summed E-state index contributed by atoms with van der Waals surface area (Å²) in [7, 11) is 0. The number of nitrogens with zero attached hydrogens (tertiary/aromatic N) is 1. The molecule has 0 fully saturated rings. The zero-order chi connectivity index (χ0) is 14.0. The predicted molar refractivity (Wildman–Crippen MR) is 74.6 cm³/mol. The van der Waals surface area contributed by atoms with Crippen LogP contribution in [0.15, 0.2) is 18.2 Å². The Morgan fingerprint density at radius 2 is 2.05 bits per heavy atom. The fraction of sp³-hybridized carbons (Fsp3) is 0.533. The molecule has 1 amide bonds. The maximum Gasteiger partial charge on any atom is 0.414 e. The largest absolute Gasteiger partial charge is 0.508 e. The molecular formula is C15H21NO3. The molecule has 104 valence electrons. The summed E-state index contributed by atoms with van der Waals surface area (Å²) in [4.78, 5) is 13.9. The minimum absolute atomic E-state index is 0.257. The summed E-state index contributed by atoms with van der Waals surface area (Å²) in [6.07, 6.45) is 2.32. The quantitative estimate of drug-likeness (QED) is 0.779. The summed E-state index contributed by atoms with van der Waals surface area (Å²) >= 11 is 0. The molecule has 0 radical (unpaired) electrons. The minimum Gasteiger partial charge on any atom is -0.508 e. The summed E-state index contributed by atoms with van der Waals surface area (Å²) in [5.74, 6) is 0.257. The normalized spacial score (nSPS) is 15.6. The van der Waals surface area contributed by atoms with E-state index in [0.717, 1.165) is 30.5 Å². The van der Waals surface area contributed by atoms with Gasteiger partial charge in [0.2, 0.25) is 0 Å². The van der Waals surface area contributed by atoms with Gasteiger partial charge in [0.1, 0.15) is 11.4 Å². The number of carbonyl (C=O) groups excluding carboxylic acids is 1. The molecule has 0 saturated heterocycles. The van der Waals surface area contributed by atoms with Crippen LogP contribution in [0, 0.1) is 0 Å². The van der Waals surface area contributed by atoms with Gasteiger partial charge in [-0.2, -0.15) is 0 Å². The summed E-state index contributed by atoms with van der Waals surface area (Å²) in [6.45, 7) is 6.19. The van der Waals surface area contributed by atoms with Gasteiger partial charge in [-0.25, -0.2) is 4.79 Å². The Morgan fingerprint density at radius 3 is 2.74 bits per heavy atom. The highest BCUT2D eigenvalue weighted by atomic mass is 16.6. The molecule has 0 spiro atoms. The molecule has 0 atom stereocenters. The van der Waals surface area contributed by atoms with Crippen molar-refractivity contribution in [3.8, 4) is 5.75 Å². The van der Waals surface area contributed by atoms with Crippen LogP contribution in [-0.4, -0.2) is 23.3 Å². The Bertz CT molecular complexity index is 477. The lowest BCUT2D eigenvalue weighted by molar-refractivity contribution is 0.0580. The van der Waals surface area contributed by atoms with Gasteiger partial charge >= 0.3 is 6.09 Å². The third-order valence-electron chi connectivity index (χ3n) is 3.09. The van der Waals surface area contributed by atoms with Crippen molar-refractivity contribution in [2.45, 2.75) is 45.6 Å². The first-order valence-electron chi connectivity index (χ1n) is 6.70. The van der Waals surface area contributed by atoms with Crippen molar-refractivity contribution in [3.05, 3.63) is 23.8 Å². The second-order valence-corrected chi connectivity index (χ2v) is 5.86. The van der Waals surface area contributed by atoms with Crippen molar-refractivity contribution in [2.24, 2.45) is 0 Å². The molecule has 0 aliphatic carbocycles. The molecule has 4 heteroatoms. The van der Waals surface area contributed by atoms with Gasteiger partial charge in [0.15, 0.2) is 0 Å². The van der Waals surface area contributed by atoms with Crippen LogP contribution in [0.5, 0.6) is 5.75 Å². The molecule has 1 aliphatic heterocycles. The standard InChI is InChI=1S/C15H21NO3/c1-15(2,3)19-14(18)16-10-5-4-7-11-12(16)8-6-9-13(11)17/h6,8-9,17H,4-5,7,10H2,1-3H3. The Hall–Kier alpha value is -1.71. The van der Waals surface area contributed by atoms with Gasteiger partial charge in [-0.05, 0) is 52.2 Å². The first-order chi connectivity index (χ1) is 8.88. The molecule has 4 nitrogen and oxygen atoms in total. The van der Waals surface area contributed by atoms with E-state index in [1.54, 1.807) is 17.0 Å². The lowest BCUT2D eigenvalue weighted by Gasteiger charge is -2.27. The van der Waals surface area contributed by atoms with E-state index < -0.39 is 5.60 Å². The van der Waals surface area contributed by atoms with Crippen molar-refractivity contribution in [2.75, 3.05) is 11.4 Å². The fourth-order valence-corrected chi connectivity index (χ4v) is 2.27. The Morgan fingerprint density at radius 1 is 1.32 bits per heavy atom. The molecule has 1 heterocycles. The van der Waals surface area contributed by atoms with E-state index in [1.807, 2.05) is 26.8 Å². The highest BCUT2D eigenvalue weighted by molar-refractivity contribution is 5.89. The maximum atomic E-state index is 12.3. The Balaban J connectivity index is 2.32. The number of anilines is 1. The predicted octanol–water partition coefficient (Wildman–Crippen LogP) is 3.47. The van der Waals surface area contributed by atoms with E-state index in [2.05, 4.69) is 0 Å². The van der Waals surface area contributed by atoms with Gasteiger partial charge in [-0.1, -0.05) is 6.07 Å². The Labute approximate surface area is 114 Å². The molecule has 1 aliphatic rings. The number of phenols is 1. The molecule has 1 aromatic rings. The van der Waals surface area contributed by atoms with Crippen molar-refractivity contribution < 1.29 is 14.6 Å². The molecule has 0 aromatic heterocycles. The summed E-state index contributed by atoms with van der Waals surface area (Å²) in [6, 6.07) is 5.29. The second kappa shape index (κ2) is 5.11. The van der Waals surface area contributed by atoms with Gasteiger partial charge in [-0.15, -0.1) is 0 Å². The molecule has 0 unspecified atom stereocenters. The SMILES string of the molecule is CC(C)(C)OC(=O)N1CCCCc2c(O)cccc21. The van der Waals surface area contributed by atoms with E-state index in [4.69, 9.17) is 4.74 Å². The average Bonchev–Trinajstić information content (AvgIpc) is 2.50. The number of benzene rings is 1. The van der Waals surface area contributed by atoms with Gasteiger partial charge in [0, 0.05) is 12.1 Å². The monoisotopic (exact) mass is 263 g/mol. The molecule has 0 bridgehead atoms. The highest BCUT2D eigenvalue weighted by Crippen LogP contribution is 2.33. The first kappa shape index (κ1) is 13.7. The van der Waals surface area contributed by atoms with E-state index in [9.17, 15) is 9.90 Å². The van der Waals surface area contributed by atoms with Crippen LogP contribution in [-0.2, 0) is 11.2 Å².